The molecule has 1 aromatic carbocycles. The van der Waals surface area contributed by atoms with Gasteiger partial charge in [-0.25, -0.2) is 9.78 Å². The zero-order chi connectivity index (χ0) is 21.6. The van der Waals surface area contributed by atoms with E-state index in [9.17, 15) is 9.59 Å². The third-order valence-corrected chi connectivity index (χ3v) is 5.75. The molecular weight excluding hydrogens is 394 g/mol. The standard InChI is InChI=1S/C23H29N5O3/c1-17-6-4-8-19(22(29)28-10-2-3-11-28)20(17)26-23(30)25-16-18-7-5-9-24-21(18)27-12-14-31-15-13-27/h4-9H,2-3,10-16H2,1H3,(H2,25,26,30). The zero-order valence-corrected chi connectivity index (χ0v) is 17.9. The Morgan fingerprint density at radius 3 is 2.61 bits per heavy atom. The van der Waals surface area contributed by atoms with Crippen LogP contribution in [0.1, 0.15) is 34.3 Å². The highest BCUT2D eigenvalue weighted by molar-refractivity contribution is 6.04. The van der Waals surface area contributed by atoms with Crippen molar-refractivity contribution in [3.05, 3.63) is 53.2 Å². The number of benzene rings is 1. The van der Waals surface area contributed by atoms with Crippen LogP contribution in [0.25, 0.3) is 0 Å². The number of para-hydroxylation sites is 1. The van der Waals surface area contributed by atoms with Gasteiger partial charge in [0.25, 0.3) is 5.91 Å². The van der Waals surface area contributed by atoms with Crippen molar-refractivity contribution in [2.75, 3.05) is 49.6 Å². The normalized spacial score (nSPS) is 16.3. The van der Waals surface area contributed by atoms with E-state index in [0.29, 0.717) is 31.0 Å². The van der Waals surface area contributed by atoms with Crippen LogP contribution in [0.15, 0.2) is 36.5 Å². The lowest BCUT2D eigenvalue weighted by Crippen LogP contribution is -2.38. The van der Waals surface area contributed by atoms with Crippen LogP contribution in [-0.4, -0.2) is 61.2 Å². The van der Waals surface area contributed by atoms with Crippen molar-refractivity contribution in [1.29, 1.82) is 0 Å². The molecule has 2 aromatic rings. The molecule has 164 valence electrons. The number of anilines is 2. The van der Waals surface area contributed by atoms with E-state index in [1.807, 2.05) is 36.1 Å². The molecule has 2 aliphatic rings. The number of pyridine rings is 1. The molecule has 31 heavy (non-hydrogen) atoms. The molecule has 8 heteroatoms. The molecule has 0 unspecified atom stereocenters. The smallest absolute Gasteiger partial charge is 0.319 e. The molecule has 4 rings (SSSR count). The monoisotopic (exact) mass is 423 g/mol. The number of aromatic nitrogens is 1. The number of amides is 3. The summed E-state index contributed by atoms with van der Waals surface area (Å²) < 4.78 is 5.42. The number of nitrogens with one attached hydrogen (secondary N) is 2. The van der Waals surface area contributed by atoms with E-state index in [0.717, 1.165) is 56.0 Å². The van der Waals surface area contributed by atoms with Gasteiger partial charge in [-0.1, -0.05) is 18.2 Å². The van der Waals surface area contributed by atoms with Crippen LogP contribution < -0.4 is 15.5 Å². The van der Waals surface area contributed by atoms with Crippen molar-refractivity contribution < 1.29 is 14.3 Å². The van der Waals surface area contributed by atoms with Crippen LogP contribution in [-0.2, 0) is 11.3 Å². The quantitative estimate of drug-likeness (QED) is 0.772. The van der Waals surface area contributed by atoms with Gasteiger partial charge in [0.2, 0.25) is 0 Å². The van der Waals surface area contributed by atoms with E-state index in [-0.39, 0.29) is 11.9 Å². The minimum absolute atomic E-state index is 0.0293. The Kier molecular flexibility index (Phi) is 6.66. The van der Waals surface area contributed by atoms with Crippen LogP contribution >= 0.6 is 0 Å². The second-order valence-electron chi connectivity index (χ2n) is 7.89. The van der Waals surface area contributed by atoms with Gasteiger partial charge in [0.1, 0.15) is 5.82 Å². The number of carbonyl (C=O) groups is 2. The van der Waals surface area contributed by atoms with Crippen LogP contribution in [0.2, 0.25) is 0 Å². The van der Waals surface area contributed by atoms with Crippen molar-refractivity contribution in [2.24, 2.45) is 0 Å². The Morgan fingerprint density at radius 1 is 1.06 bits per heavy atom. The van der Waals surface area contributed by atoms with Gasteiger partial charge >= 0.3 is 6.03 Å². The average Bonchev–Trinajstić information content (AvgIpc) is 3.34. The van der Waals surface area contributed by atoms with Gasteiger partial charge in [0.15, 0.2) is 0 Å². The van der Waals surface area contributed by atoms with Gasteiger partial charge < -0.3 is 25.2 Å². The van der Waals surface area contributed by atoms with Crippen molar-refractivity contribution in [3.8, 4) is 0 Å². The lowest BCUT2D eigenvalue weighted by atomic mass is 10.1. The molecule has 0 radical (unpaired) electrons. The van der Waals surface area contributed by atoms with E-state index in [1.54, 1.807) is 12.3 Å². The van der Waals surface area contributed by atoms with Gasteiger partial charge in [0, 0.05) is 44.5 Å². The molecule has 8 nitrogen and oxygen atoms in total. The molecule has 3 amide bonds. The molecule has 1 aromatic heterocycles. The maximum Gasteiger partial charge on any atom is 0.319 e. The fraction of sp³-hybridized carbons (Fsp3) is 0.435. The average molecular weight is 424 g/mol. The summed E-state index contributed by atoms with van der Waals surface area (Å²) in [6, 6.07) is 9.02. The fourth-order valence-electron chi connectivity index (χ4n) is 4.06. The summed E-state index contributed by atoms with van der Waals surface area (Å²) in [5, 5.41) is 5.82. The zero-order valence-electron chi connectivity index (χ0n) is 17.9. The maximum atomic E-state index is 12.9. The Morgan fingerprint density at radius 2 is 1.84 bits per heavy atom. The summed E-state index contributed by atoms with van der Waals surface area (Å²) in [7, 11) is 0. The summed E-state index contributed by atoms with van der Waals surface area (Å²) >= 11 is 0. The summed E-state index contributed by atoms with van der Waals surface area (Å²) in [5.41, 5.74) is 2.90. The minimum Gasteiger partial charge on any atom is -0.378 e. The SMILES string of the molecule is Cc1cccc(C(=O)N2CCCC2)c1NC(=O)NCc1cccnc1N1CCOCC1. The highest BCUT2D eigenvalue weighted by Gasteiger charge is 2.23. The third-order valence-electron chi connectivity index (χ3n) is 5.75. The number of urea groups is 1. The Balaban J connectivity index is 1.44. The van der Waals surface area contributed by atoms with Gasteiger partial charge in [-0.15, -0.1) is 0 Å². The van der Waals surface area contributed by atoms with Crippen LogP contribution in [0, 0.1) is 6.92 Å². The first-order chi connectivity index (χ1) is 15.1. The van der Waals surface area contributed by atoms with E-state index in [4.69, 9.17) is 4.74 Å². The van der Waals surface area contributed by atoms with E-state index in [1.165, 1.54) is 0 Å². The van der Waals surface area contributed by atoms with Gasteiger partial charge in [0.05, 0.1) is 24.5 Å². The molecule has 2 N–H and O–H groups in total. The lowest BCUT2D eigenvalue weighted by Gasteiger charge is -2.29. The van der Waals surface area contributed by atoms with Gasteiger partial charge in [-0.3, -0.25) is 4.79 Å². The number of hydrogen-bond donors (Lipinski definition) is 2. The summed E-state index contributed by atoms with van der Waals surface area (Å²) in [5.74, 6) is 0.838. The number of ether oxygens (including phenoxy) is 1. The fourth-order valence-corrected chi connectivity index (χ4v) is 4.06. The topological polar surface area (TPSA) is 86.8 Å². The second kappa shape index (κ2) is 9.78. The number of likely N-dealkylation sites (tertiary alicyclic amines) is 1. The number of hydrogen-bond acceptors (Lipinski definition) is 5. The molecule has 3 heterocycles. The Bertz CT molecular complexity index is 937. The summed E-state index contributed by atoms with van der Waals surface area (Å²) in [6.45, 7) is 6.67. The predicted molar refractivity (Wildman–Crippen MR) is 119 cm³/mol. The molecular formula is C23H29N5O3. The van der Waals surface area contributed by atoms with Crippen molar-refractivity contribution in [2.45, 2.75) is 26.3 Å². The van der Waals surface area contributed by atoms with E-state index >= 15 is 0 Å². The third kappa shape index (κ3) is 4.96. The largest absolute Gasteiger partial charge is 0.378 e. The van der Waals surface area contributed by atoms with Crippen LogP contribution in [0.5, 0.6) is 0 Å². The summed E-state index contributed by atoms with van der Waals surface area (Å²) in [6.07, 6.45) is 3.81. The maximum absolute atomic E-state index is 12.9. The molecule has 0 aliphatic carbocycles. The molecule has 0 atom stereocenters. The van der Waals surface area contributed by atoms with Crippen LogP contribution in [0.3, 0.4) is 0 Å². The molecule has 2 fully saturated rings. The highest BCUT2D eigenvalue weighted by Crippen LogP contribution is 2.24. The van der Waals surface area contributed by atoms with E-state index in [2.05, 4.69) is 20.5 Å². The molecule has 0 bridgehead atoms. The Hall–Kier alpha value is -3.13. The number of carbonyl (C=O) groups excluding carboxylic acids is 2. The molecule has 2 aliphatic heterocycles. The summed E-state index contributed by atoms with van der Waals surface area (Å²) in [4.78, 5) is 34.2. The number of rotatable bonds is 5. The predicted octanol–water partition coefficient (Wildman–Crippen LogP) is 2.78. The van der Waals surface area contributed by atoms with Gasteiger partial charge in [-0.05, 0) is 37.5 Å². The molecule has 0 spiro atoms. The van der Waals surface area contributed by atoms with Crippen molar-refractivity contribution >= 4 is 23.4 Å². The van der Waals surface area contributed by atoms with Crippen molar-refractivity contribution in [3.63, 3.8) is 0 Å². The second-order valence-corrected chi connectivity index (χ2v) is 7.89. The molecule has 0 saturated carbocycles. The first-order valence-electron chi connectivity index (χ1n) is 10.8. The minimum atomic E-state index is -0.346. The Labute approximate surface area is 182 Å². The first-order valence-corrected chi connectivity index (χ1v) is 10.8. The highest BCUT2D eigenvalue weighted by atomic mass is 16.5. The molecule has 2 saturated heterocycles. The van der Waals surface area contributed by atoms with E-state index < -0.39 is 0 Å². The van der Waals surface area contributed by atoms with Gasteiger partial charge in [-0.2, -0.15) is 0 Å². The lowest BCUT2D eigenvalue weighted by molar-refractivity contribution is 0.0793. The first kappa shape index (κ1) is 21.1. The number of aryl methyl sites for hydroxylation is 1. The van der Waals surface area contributed by atoms with Crippen molar-refractivity contribution in [1.82, 2.24) is 15.2 Å². The number of morpholine rings is 1. The number of nitrogens with zero attached hydrogens (tertiary/aromatic N) is 3. The van der Waals surface area contributed by atoms with Crippen LogP contribution in [0.4, 0.5) is 16.3 Å².